The zero-order valence-corrected chi connectivity index (χ0v) is 10.3. The minimum Gasteiger partial charge on any atom is -0.378 e. The largest absolute Gasteiger partial charge is 0.378 e. The van der Waals surface area contributed by atoms with Crippen molar-refractivity contribution in [1.82, 2.24) is 5.32 Å². The van der Waals surface area contributed by atoms with E-state index < -0.39 is 0 Å². The molecule has 0 aliphatic heterocycles. The first-order valence-electron chi connectivity index (χ1n) is 5.45. The molecule has 1 atom stereocenters. The SMILES string of the molecule is COC(C)(C)CC(=O)NCCCC(C)N. The topological polar surface area (TPSA) is 64.3 Å². The highest BCUT2D eigenvalue weighted by atomic mass is 16.5. The van der Waals surface area contributed by atoms with Gasteiger partial charge in [0.2, 0.25) is 5.91 Å². The van der Waals surface area contributed by atoms with Gasteiger partial charge in [-0.2, -0.15) is 0 Å². The number of ether oxygens (including phenoxy) is 1. The molecule has 0 rings (SSSR count). The number of nitrogens with two attached hydrogens (primary N) is 1. The highest BCUT2D eigenvalue weighted by Crippen LogP contribution is 2.12. The molecule has 0 fully saturated rings. The molecule has 0 aromatic rings. The van der Waals surface area contributed by atoms with E-state index in [0.717, 1.165) is 12.8 Å². The monoisotopic (exact) mass is 216 g/mol. The number of nitrogens with one attached hydrogen (secondary N) is 1. The van der Waals surface area contributed by atoms with Crippen LogP contribution in [0.3, 0.4) is 0 Å². The third kappa shape index (κ3) is 8.39. The molecule has 0 saturated heterocycles. The van der Waals surface area contributed by atoms with Crippen molar-refractivity contribution in [2.75, 3.05) is 13.7 Å². The van der Waals surface area contributed by atoms with Gasteiger partial charge in [0.05, 0.1) is 12.0 Å². The fourth-order valence-corrected chi connectivity index (χ4v) is 1.17. The highest BCUT2D eigenvalue weighted by molar-refractivity contribution is 5.76. The van der Waals surface area contributed by atoms with Crippen LogP contribution in [-0.4, -0.2) is 31.2 Å². The maximum Gasteiger partial charge on any atom is 0.222 e. The number of carbonyl (C=O) groups is 1. The van der Waals surface area contributed by atoms with E-state index >= 15 is 0 Å². The first-order chi connectivity index (χ1) is 6.87. The highest BCUT2D eigenvalue weighted by Gasteiger charge is 2.20. The Morgan fingerprint density at radius 2 is 2.13 bits per heavy atom. The summed E-state index contributed by atoms with van der Waals surface area (Å²) in [7, 11) is 1.61. The molecule has 0 aromatic carbocycles. The minimum atomic E-state index is -0.384. The van der Waals surface area contributed by atoms with E-state index in [1.54, 1.807) is 7.11 Å². The Balaban J connectivity index is 3.58. The molecule has 0 saturated carbocycles. The van der Waals surface area contributed by atoms with Crippen LogP contribution in [0.15, 0.2) is 0 Å². The standard InChI is InChI=1S/C11H24N2O2/c1-9(12)6-5-7-13-10(14)8-11(2,3)15-4/h9H,5-8,12H2,1-4H3,(H,13,14). The van der Waals surface area contributed by atoms with E-state index in [4.69, 9.17) is 10.5 Å². The summed E-state index contributed by atoms with van der Waals surface area (Å²) in [6, 6.07) is 0.206. The smallest absolute Gasteiger partial charge is 0.222 e. The molecule has 3 N–H and O–H groups in total. The summed E-state index contributed by atoms with van der Waals surface area (Å²) < 4.78 is 5.17. The van der Waals surface area contributed by atoms with E-state index in [1.807, 2.05) is 20.8 Å². The van der Waals surface area contributed by atoms with Crippen LogP contribution in [0.2, 0.25) is 0 Å². The van der Waals surface area contributed by atoms with Gasteiger partial charge in [-0.1, -0.05) is 0 Å². The van der Waals surface area contributed by atoms with Crippen LogP contribution in [0.5, 0.6) is 0 Å². The van der Waals surface area contributed by atoms with Gasteiger partial charge in [0.15, 0.2) is 0 Å². The predicted molar refractivity (Wildman–Crippen MR) is 61.6 cm³/mol. The third-order valence-electron chi connectivity index (χ3n) is 2.30. The molecule has 15 heavy (non-hydrogen) atoms. The molecule has 0 heterocycles. The maximum atomic E-state index is 11.4. The van der Waals surface area contributed by atoms with Crippen molar-refractivity contribution < 1.29 is 9.53 Å². The molecule has 1 amide bonds. The van der Waals surface area contributed by atoms with Crippen LogP contribution >= 0.6 is 0 Å². The van der Waals surface area contributed by atoms with Gasteiger partial charge in [-0.25, -0.2) is 0 Å². The molecule has 0 bridgehead atoms. The first kappa shape index (κ1) is 14.4. The van der Waals surface area contributed by atoms with Crippen molar-refractivity contribution in [1.29, 1.82) is 0 Å². The second kappa shape index (κ2) is 6.80. The molecule has 0 aromatic heterocycles. The average Bonchev–Trinajstić information content (AvgIpc) is 2.11. The van der Waals surface area contributed by atoms with Crippen molar-refractivity contribution in [2.45, 2.75) is 51.7 Å². The number of hydrogen-bond acceptors (Lipinski definition) is 3. The summed E-state index contributed by atoms with van der Waals surface area (Å²) in [6.45, 7) is 6.46. The van der Waals surface area contributed by atoms with Crippen molar-refractivity contribution >= 4 is 5.91 Å². The number of amides is 1. The Kier molecular flexibility index (Phi) is 6.52. The molecule has 0 aliphatic carbocycles. The zero-order chi connectivity index (χ0) is 11.9. The number of hydrogen-bond donors (Lipinski definition) is 2. The molecular formula is C11H24N2O2. The van der Waals surface area contributed by atoms with E-state index in [-0.39, 0.29) is 17.6 Å². The van der Waals surface area contributed by atoms with Gasteiger partial charge in [0, 0.05) is 19.7 Å². The zero-order valence-electron chi connectivity index (χ0n) is 10.3. The van der Waals surface area contributed by atoms with Crippen molar-refractivity contribution in [3.05, 3.63) is 0 Å². The molecule has 0 spiro atoms. The summed E-state index contributed by atoms with van der Waals surface area (Å²) in [5.74, 6) is 0.0338. The molecule has 90 valence electrons. The number of rotatable bonds is 7. The van der Waals surface area contributed by atoms with E-state index in [2.05, 4.69) is 5.32 Å². The maximum absolute atomic E-state index is 11.4. The lowest BCUT2D eigenvalue weighted by atomic mass is 10.0. The van der Waals surface area contributed by atoms with Gasteiger partial charge >= 0.3 is 0 Å². The Labute approximate surface area is 92.6 Å². The van der Waals surface area contributed by atoms with Gasteiger partial charge in [-0.3, -0.25) is 4.79 Å². The van der Waals surface area contributed by atoms with Gasteiger partial charge in [-0.15, -0.1) is 0 Å². The normalized spacial score (nSPS) is 13.7. The molecule has 4 nitrogen and oxygen atoms in total. The van der Waals surface area contributed by atoms with Crippen molar-refractivity contribution in [3.63, 3.8) is 0 Å². The lowest BCUT2D eigenvalue weighted by molar-refractivity contribution is -0.126. The molecule has 4 heteroatoms. The van der Waals surface area contributed by atoms with Crippen LogP contribution in [0.4, 0.5) is 0 Å². The fourth-order valence-electron chi connectivity index (χ4n) is 1.17. The summed E-state index contributed by atoms with van der Waals surface area (Å²) >= 11 is 0. The van der Waals surface area contributed by atoms with E-state index in [0.29, 0.717) is 13.0 Å². The van der Waals surface area contributed by atoms with Gasteiger partial charge in [-0.05, 0) is 33.6 Å². The van der Waals surface area contributed by atoms with E-state index in [1.165, 1.54) is 0 Å². The quantitative estimate of drug-likeness (QED) is 0.625. The average molecular weight is 216 g/mol. The Morgan fingerprint density at radius 3 is 2.60 bits per heavy atom. The van der Waals surface area contributed by atoms with Crippen LogP contribution in [0.25, 0.3) is 0 Å². The third-order valence-corrected chi connectivity index (χ3v) is 2.30. The van der Waals surface area contributed by atoms with Gasteiger partial charge in [0.1, 0.15) is 0 Å². The van der Waals surface area contributed by atoms with Crippen LogP contribution < -0.4 is 11.1 Å². The van der Waals surface area contributed by atoms with Crippen LogP contribution in [0.1, 0.15) is 40.0 Å². The fraction of sp³-hybridized carbons (Fsp3) is 0.909. The van der Waals surface area contributed by atoms with Crippen LogP contribution in [-0.2, 0) is 9.53 Å². The second-order valence-corrected chi connectivity index (χ2v) is 4.61. The Morgan fingerprint density at radius 1 is 1.53 bits per heavy atom. The van der Waals surface area contributed by atoms with Gasteiger partial charge < -0.3 is 15.8 Å². The minimum absolute atomic E-state index is 0.0338. The molecular weight excluding hydrogens is 192 g/mol. The predicted octanol–water partition coefficient (Wildman–Crippen LogP) is 1.05. The molecule has 0 radical (unpaired) electrons. The Hall–Kier alpha value is -0.610. The van der Waals surface area contributed by atoms with Crippen LogP contribution in [0, 0.1) is 0 Å². The lowest BCUT2D eigenvalue weighted by Crippen LogP contribution is -2.34. The summed E-state index contributed by atoms with van der Waals surface area (Å²) in [4.78, 5) is 11.4. The summed E-state index contributed by atoms with van der Waals surface area (Å²) in [5, 5.41) is 2.85. The lowest BCUT2D eigenvalue weighted by Gasteiger charge is -2.21. The van der Waals surface area contributed by atoms with Crippen molar-refractivity contribution in [3.8, 4) is 0 Å². The van der Waals surface area contributed by atoms with E-state index in [9.17, 15) is 4.79 Å². The first-order valence-corrected chi connectivity index (χ1v) is 5.45. The van der Waals surface area contributed by atoms with Crippen molar-refractivity contribution in [2.24, 2.45) is 5.73 Å². The Bertz CT molecular complexity index is 191. The summed E-state index contributed by atoms with van der Waals surface area (Å²) in [5.41, 5.74) is 5.22. The summed E-state index contributed by atoms with van der Waals surface area (Å²) in [6.07, 6.45) is 2.26. The number of methoxy groups -OCH3 is 1. The van der Waals surface area contributed by atoms with Gasteiger partial charge in [0.25, 0.3) is 0 Å². The number of carbonyl (C=O) groups excluding carboxylic acids is 1. The molecule has 0 aliphatic rings. The molecule has 1 unspecified atom stereocenters. The second-order valence-electron chi connectivity index (χ2n) is 4.61.